The lowest BCUT2D eigenvalue weighted by atomic mass is 9.79. The second-order valence-electron chi connectivity index (χ2n) is 8.90. The minimum absolute atomic E-state index is 0.108. The van der Waals surface area contributed by atoms with Gasteiger partial charge in [0.2, 0.25) is 5.91 Å². The van der Waals surface area contributed by atoms with Crippen LogP contribution < -0.4 is 10.2 Å². The number of hydrogen-bond acceptors (Lipinski definition) is 3. The van der Waals surface area contributed by atoms with Crippen molar-refractivity contribution in [1.29, 1.82) is 0 Å². The number of methoxy groups -OCH3 is 1. The molecule has 1 fully saturated rings. The second-order valence-corrected chi connectivity index (χ2v) is 8.90. The molecule has 2 atom stereocenters. The van der Waals surface area contributed by atoms with Crippen LogP contribution in [0.25, 0.3) is 0 Å². The summed E-state index contributed by atoms with van der Waals surface area (Å²) in [6.07, 6.45) is 3.49. The first-order valence-electron chi connectivity index (χ1n) is 11.9. The molecule has 2 aliphatic heterocycles. The number of quaternary nitrogens is 1. The predicted octanol–water partition coefficient (Wildman–Crippen LogP) is 1.94. The molecule has 0 bridgehead atoms. The van der Waals surface area contributed by atoms with E-state index in [1.807, 2.05) is 18.2 Å². The normalized spacial score (nSPS) is 20.7. The fourth-order valence-electron chi connectivity index (χ4n) is 5.13. The van der Waals surface area contributed by atoms with Crippen LogP contribution in [0.4, 0.5) is 4.39 Å². The van der Waals surface area contributed by atoms with E-state index >= 15 is 0 Å². The molecule has 2 aromatic carbocycles. The van der Waals surface area contributed by atoms with Gasteiger partial charge < -0.3 is 19.9 Å². The lowest BCUT2D eigenvalue weighted by molar-refractivity contribution is -0.887. The number of halogens is 1. The highest BCUT2D eigenvalue weighted by Gasteiger charge is 2.43. The van der Waals surface area contributed by atoms with Crippen molar-refractivity contribution in [1.82, 2.24) is 10.2 Å². The zero-order valence-corrected chi connectivity index (χ0v) is 19.2. The molecule has 0 saturated carbocycles. The number of fused-ring (bicyclic) bond motifs is 1. The first kappa shape index (κ1) is 23.4. The van der Waals surface area contributed by atoms with Crippen LogP contribution in [0.2, 0.25) is 0 Å². The van der Waals surface area contributed by atoms with E-state index in [0.29, 0.717) is 30.8 Å². The van der Waals surface area contributed by atoms with Gasteiger partial charge in [-0.1, -0.05) is 30.3 Å². The van der Waals surface area contributed by atoms with Crippen molar-refractivity contribution in [2.45, 2.75) is 31.2 Å². The Kier molecular flexibility index (Phi) is 7.73. The Hall–Kier alpha value is -2.77. The molecule has 4 rings (SSSR count). The summed E-state index contributed by atoms with van der Waals surface area (Å²) in [5.74, 6) is -1.18. The van der Waals surface area contributed by atoms with Gasteiger partial charge in [-0.3, -0.25) is 9.59 Å². The molecular formula is C26H33FN3O3+. The van der Waals surface area contributed by atoms with E-state index in [4.69, 9.17) is 4.74 Å². The van der Waals surface area contributed by atoms with Gasteiger partial charge in [-0.25, -0.2) is 4.39 Å². The van der Waals surface area contributed by atoms with Crippen molar-refractivity contribution >= 4 is 11.8 Å². The summed E-state index contributed by atoms with van der Waals surface area (Å²) in [5.41, 5.74) is 1.99. The highest BCUT2D eigenvalue weighted by molar-refractivity contribution is 6.01. The molecule has 0 spiro atoms. The maximum atomic E-state index is 13.7. The molecule has 2 aromatic rings. The van der Waals surface area contributed by atoms with Crippen molar-refractivity contribution < 1.29 is 23.6 Å². The highest BCUT2D eigenvalue weighted by atomic mass is 19.1. The van der Waals surface area contributed by atoms with Gasteiger partial charge in [-0.2, -0.15) is 0 Å². The van der Waals surface area contributed by atoms with Crippen LogP contribution in [0, 0.1) is 5.82 Å². The molecule has 2 N–H and O–H groups in total. The standard InChI is InChI=1S/C26H32FN3O3/c1-33-18-17-30-24(19-9-11-20(27)12-10-19)23(21-7-2-3-8-22(21)26(30)32)25(31)28-13-6-16-29-14-4-5-15-29/h2-3,7-12,23-24H,4-6,13-18H2,1H3,(H,28,31)/p+1. The third-order valence-corrected chi connectivity index (χ3v) is 6.79. The van der Waals surface area contributed by atoms with Crippen molar-refractivity contribution in [3.63, 3.8) is 0 Å². The Balaban J connectivity index is 1.62. The van der Waals surface area contributed by atoms with E-state index < -0.39 is 12.0 Å². The molecule has 2 amide bonds. The molecule has 33 heavy (non-hydrogen) atoms. The lowest BCUT2D eigenvalue weighted by Gasteiger charge is -2.41. The van der Waals surface area contributed by atoms with Crippen LogP contribution in [-0.4, -0.2) is 63.2 Å². The molecule has 1 saturated heterocycles. The number of carbonyl (C=O) groups excluding carboxylic acids is 2. The van der Waals surface area contributed by atoms with E-state index in [9.17, 15) is 14.0 Å². The number of ether oxygens (including phenoxy) is 1. The average molecular weight is 455 g/mol. The van der Waals surface area contributed by atoms with Crippen molar-refractivity contribution in [2.75, 3.05) is 46.4 Å². The van der Waals surface area contributed by atoms with Crippen LogP contribution in [0.5, 0.6) is 0 Å². The summed E-state index contributed by atoms with van der Waals surface area (Å²) in [6.45, 7) is 4.78. The minimum Gasteiger partial charge on any atom is -0.383 e. The Labute approximate surface area is 194 Å². The number of likely N-dealkylation sites (tertiary alicyclic amines) is 1. The fourth-order valence-corrected chi connectivity index (χ4v) is 5.13. The summed E-state index contributed by atoms with van der Waals surface area (Å²) >= 11 is 0. The van der Waals surface area contributed by atoms with Gasteiger partial charge in [0.15, 0.2) is 0 Å². The zero-order chi connectivity index (χ0) is 23.2. The summed E-state index contributed by atoms with van der Waals surface area (Å²) in [4.78, 5) is 30.3. The van der Waals surface area contributed by atoms with Crippen LogP contribution in [0.1, 0.15) is 52.7 Å². The number of hydrogen-bond donors (Lipinski definition) is 2. The van der Waals surface area contributed by atoms with Crippen LogP contribution >= 0.6 is 0 Å². The zero-order valence-electron chi connectivity index (χ0n) is 19.2. The van der Waals surface area contributed by atoms with Gasteiger partial charge >= 0.3 is 0 Å². The molecular weight excluding hydrogens is 421 g/mol. The summed E-state index contributed by atoms with van der Waals surface area (Å²) in [7, 11) is 1.59. The molecule has 0 radical (unpaired) electrons. The molecule has 176 valence electrons. The minimum atomic E-state index is -0.583. The third-order valence-electron chi connectivity index (χ3n) is 6.79. The maximum Gasteiger partial charge on any atom is 0.254 e. The van der Waals surface area contributed by atoms with E-state index in [1.165, 1.54) is 38.1 Å². The van der Waals surface area contributed by atoms with Gasteiger partial charge in [0.05, 0.1) is 38.2 Å². The number of carbonyl (C=O) groups is 2. The number of benzene rings is 2. The number of rotatable bonds is 9. The fraction of sp³-hybridized carbons (Fsp3) is 0.462. The van der Waals surface area contributed by atoms with Crippen molar-refractivity contribution in [3.05, 3.63) is 71.0 Å². The second kappa shape index (κ2) is 10.9. The van der Waals surface area contributed by atoms with Crippen LogP contribution in [0.3, 0.4) is 0 Å². The molecule has 2 aliphatic rings. The summed E-state index contributed by atoms with van der Waals surface area (Å²) < 4.78 is 18.9. The first-order chi connectivity index (χ1) is 16.1. The Morgan fingerprint density at radius 1 is 1.15 bits per heavy atom. The van der Waals surface area contributed by atoms with E-state index in [2.05, 4.69) is 5.32 Å². The third kappa shape index (κ3) is 5.25. The number of nitrogens with zero attached hydrogens (tertiary/aromatic N) is 1. The smallest absolute Gasteiger partial charge is 0.254 e. The van der Waals surface area contributed by atoms with Gasteiger partial charge in [-0.05, 0) is 29.3 Å². The average Bonchev–Trinajstić information content (AvgIpc) is 3.35. The SMILES string of the molecule is COCCN1C(=O)c2ccccc2C(C(=O)NCCC[NH+]2CCCC2)C1c1ccc(F)cc1. The van der Waals surface area contributed by atoms with Gasteiger partial charge in [-0.15, -0.1) is 0 Å². The molecule has 2 heterocycles. The van der Waals surface area contributed by atoms with Crippen LogP contribution in [0.15, 0.2) is 48.5 Å². The molecule has 7 heteroatoms. The molecule has 6 nitrogen and oxygen atoms in total. The quantitative estimate of drug-likeness (QED) is 0.570. The highest BCUT2D eigenvalue weighted by Crippen LogP contribution is 2.42. The Morgan fingerprint density at radius 3 is 2.61 bits per heavy atom. The summed E-state index contributed by atoms with van der Waals surface area (Å²) in [6, 6.07) is 12.9. The van der Waals surface area contributed by atoms with E-state index in [0.717, 1.165) is 18.5 Å². The van der Waals surface area contributed by atoms with Gasteiger partial charge in [0, 0.05) is 45.0 Å². The lowest BCUT2D eigenvalue weighted by Crippen LogP contribution is -3.10. The maximum absolute atomic E-state index is 13.7. The van der Waals surface area contributed by atoms with Gasteiger partial charge in [0.1, 0.15) is 5.82 Å². The molecule has 2 unspecified atom stereocenters. The van der Waals surface area contributed by atoms with Crippen molar-refractivity contribution in [2.24, 2.45) is 0 Å². The molecule has 0 aliphatic carbocycles. The number of amides is 2. The van der Waals surface area contributed by atoms with E-state index in [1.54, 1.807) is 35.1 Å². The van der Waals surface area contributed by atoms with Gasteiger partial charge in [0.25, 0.3) is 5.91 Å². The summed E-state index contributed by atoms with van der Waals surface area (Å²) in [5, 5.41) is 3.12. The first-order valence-corrected chi connectivity index (χ1v) is 11.9. The monoisotopic (exact) mass is 454 g/mol. The van der Waals surface area contributed by atoms with Crippen LogP contribution in [-0.2, 0) is 9.53 Å². The van der Waals surface area contributed by atoms with E-state index in [-0.39, 0.29) is 17.6 Å². The largest absolute Gasteiger partial charge is 0.383 e. The Bertz CT molecular complexity index is 960. The molecule has 0 aromatic heterocycles. The number of nitrogens with one attached hydrogen (secondary N) is 2. The topological polar surface area (TPSA) is 63.1 Å². The predicted molar refractivity (Wildman–Crippen MR) is 124 cm³/mol. The van der Waals surface area contributed by atoms with Crippen molar-refractivity contribution in [3.8, 4) is 0 Å². The Morgan fingerprint density at radius 2 is 1.88 bits per heavy atom.